The lowest BCUT2D eigenvalue weighted by molar-refractivity contribution is 0.0697. The Morgan fingerprint density at radius 1 is 1.37 bits per heavy atom. The maximum Gasteiger partial charge on any atom is 0.335 e. The normalized spacial score (nSPS) is 12.2. The summed E-state index contributed by atoms with van der Waals surface area (Å²) in [5, 5.41) is 12.2. The zero-order chi connectivity index (χ0) is 14.0. The summed E-state index contributed by atoms with van der Waals surface area (Å²) in [6.45, 7) is 3.86. The summed E-state index contributed by atoms with van der Waals surface area (Å²) in [5.74, 6) is -0.105. The third-order valence-electron chi connectivity index (χ3n) is 2.87. The molecule has 0 fully saturated rings. The van der Waals surface area contributed by atoms with Crippen molar-refractivity contribution in [3.8, 4) is 0 Å². The number of nitrogens with one attached hydrogen (secondary N) is 1. The summed E-state index contributed by atoms with van der Waals surface area (Å²) < 4.78 is 6.17. The van der Waals surface area contributed by atoms with Crippen molar-refractivity contribution >= 4 is 27.6 Å². The Morgan fingerprint density at radius 3 is 2.63 bits per heavy atom. The van der Waals surface area contributed by atoms with Crippen LogP contribution in [0.25, 0.3) is 0 Å². The Balaban J connectivity index is 2.17. The molecule has 0 bridgehead atoms. The van der Waals surface area contributed by atoms with E-state index >= 15 is 0 Å². The Kier molecular flexibility index (Phi) is 3.95. The topological polar surface area (TPSA) is 62.5 Å². The fraction of sp³-hybridized carbons (Fsp3) is 0.214. The molecule has 1 aromatic heterocycles. The van der Waals surface area contributed by atoms with Gasteiger partial charge in [0.25, 0.3) is 0 Å². The average Bonchev–Trinajstić information content (AvgIpc) is 2.78. The van der Waals surface area contributed by atoms with E-state index in [1.807, 2.05) is 26.0 Å². The van der Waals surface area contributed by atoms with E-state index in [2.05, 4.69) is 21.2 Å². The van der Waals surface area contributed by atoms with Gasteiger partial charge >= 0.3 is 5.97 Å². The lowest BCUT2D eigenvalue weighted by Gasteiger charge is -2.15. The first kappa shape index (κ1) is 13.7. The number of furan rings is 1. The maximum absolute atomic E-state index is 10.9. The largest absolute Gasteiger partial charge is 0.478 e. The summed E-state index contributed by atoms with van der Waals surface area (Å²) in [6, 6.07) is 8.74. The summed E-state index contributed by atoms with van der Waals surface area (Å²) >= 11 is 3.27. The van der Waals surface area contributed by atoms with Crippen LogP contribution in [0.15, 0.2) is 39.4 Å². The van der Waals surface area contributed by atoms with Crippen LogP contribution in [0.3, 0.4) is 0 Å². The van der Waals surface area contributed by atoms with Gasteiger partial charge in [0.2, 0.25) is 0 Å². The van der Waals surface area contributed by atoms with Crippen molar-refractivity contribution in [2.75, 3.05) is 5.32 Å². The van der Waals surface area contributed by atoms with Crippen LogP contribution in [0.2, 0.25) is 0 Å². The highest BCUT2D eigenvalue weighted by molar-refractivity contribution is 9.10. The smallest absolute Gasteiger partial charge is 0.335 e. The molecule has 0 saturated carbocycles. The summed E-state index contributed by atoms with van der Waals surface area (Å²) in [6.07, 6.45) is 0. The quantitative estimate of drug-likeness (QED) is 0.884. The maximum atomic E-state index is 10.9. The van der Waals surface area contributed by atoms with Crippen molar-refractivity contribution in [1.82, 2.24) is 0 Å². The van der Waals surface area contributed by atoms with Gasteiger partial charge in [-0.15, -0.1) is 0 Å². The Morgan fingerprint density at radius 2 is 2.11 bits per heavy atom. The van der Waals surface area contributed by atoms with E-state index in [4.69, 9.17) is 9.52 Å². The van der Waals surface area contributed by atoms with Crippen LogP contribution < -0.4 is 5.32 Å². The predicted molar refractivity (Wildman–Crippen MR) is 76.6 cm³/mol. The lowest BCUT2D eigenvalue weighted by atomic mass is 10.1. The second-order valence-electron chi connectivity index (χ2n) is 4.34. The molecule has 2 N–H and O–H groups in total. The van der Waals surface area contributed by atoms with Crippen LogP contribution in [-0.4, -0.2) is 11.1 Å². The van der Waals surface area contributed by atoms with E-state index in [9.17, 15) is 4.79 Å². The second-order valence-corrected chi connectivity index (χ2v) is 5.12. The zero-order valence-corrected chi connectivity index (χ0v) is 12.2. The minimum Gasteiger partial charge on any atom is -0.478 e. The SMILES string of the molecule is Cc1cc(C(=O)O)ccc1NC(C)c1ccc(Br)o1. The average molecular weight is 324 g/mol. The summed E-state index contributed by atoms with van der Waals surface area (Å²) in [5.41, 5.74) is 2.07. The van der Waals surface area contributed by atoms with Crippen molar-refractivity contribution in [2.24, 2.45) is 0 Å². The number of hydrogen-bond donors (Lipinski definition) is 2. The number of aryl methyl sites for hydroxylation is 1. The lowest BCUT2D eigenvalue weighted by Crippen LogP contribution is -2.07. The number of carboxylic acid groups (broad SMARTS) is 1. The molecule has 1 aromatic carbocycles. The molecule has 2 aromatic rings. The van der Waals surface area contributed by atoms with Crippen molar-refractivity contribution in [2.45, 2.75) is 19.9 Å². The molecule has 0 saturated heterocycles. The van der Waals surface area contributed by atoms with Crippen LogP contribution in [0.5, 0.6) is 0 Å². The first-order chi connectivity index (χ1) is 8.97. The molecular formula is C14H14BrNO3. The number of anilines is 1. The standard InChI is InChI=1S/C14H14BrNO3/c1-8-7-10(14(17)18)3-4-11(8)16-9(2)12-5-6-13(15)19-12/h3-7,9,16H,1-2H3,(H,17,18). The van der Waals surface area contributed by atoms with Crippen LogP contribution in [0, 0.1) is 6.92 Å². The first-order valence-electron chi connectivity index (χ1n) is 5.83. The minimum atomic E-state index is -0.919. The van der Waals surface area contributed by atoms with Gasteiger partial charge in [0, 0.05) is 5.69 Å². The molecule has 0 aliphatic carbocycles. The van der Waals surface area contributed by atoms with Crippen LogP contribution in [0.1, 0.15) is 34.6 Å². The van der Waals surface area contributed by atoms with E-state index in [0.717, 1.165) is 17.0 Å². The van der Waals surface area contributed by atoms with E-state index in [-0.39, 0.29) is 11.6 Å². The Bertz CT molecular complexity index is 606. The van der Waals surface area contributed by atoms with Gasteiger partial charge in [-0.3, -0.25) is 0 Å². The van der Waals surface area contributed by atoms with Gasteiger partial charge in [0.15, 0.2) is 4.67 Å². The van der Waals surface area contributed by atoms with Gasteiger partial charge in [-0.1, -0.05) is 0 Å². The molecule has 0 aliphatic heterocycles. The molecule has 5 heteroatoms. The first-order valence-corrected chi connectivity index (χ1v) is 6.62. The van der Waals surface area contributed by atoms with Crippen LogP contribution in [-0.2, 0) is 0 Å². The summed E-state index contributed by atoms with van der Waals surface area (Å²) in [7, 11) is 0. The van der Waals surface area contributed by atoms with Gasteiger partial charge in [-0.25, -0.2) is 4.79 Å². The summed E-state index contributed by atoms with van der Waals surface area (Å²) in [4.78, 5) is 10.9. The molecule has 2 rings (SSSR count). The number of benzene rings is 1. The molecule has 1 atom stereocenters. The number of aromatic carboxylic acids is 1. The monoisotopic (exact) mass is 323 g/mol. The van der Waals surface area contributed by atoms with Gasteiger partial charge in [0.1, 0.15) is 5.76 Å². The van der Waals surface area contributed by atoms with Gasteiger partial charge in [-0.2, -0.15) is 0 Å². The molecule has 0 aliphatic rings. The van der Waals surface area contributed by atoms with Crippen molar-refractivity contribution in [1.29, 1.82) is 0 Å². The van der Waals surface area contributed by atoms with E-state index in [1.54, 1.807) is 18.2 Å². The molecular weight excluding hydrogens is 310 g/mol. The molecule has 4 nitrogen and oxygen atoms in total. The number of carbonyl (C=O) groups is 1. The number of hydrogen-bond acceptors (Lipinski definition) is 3. The third kappa shape index (κ3) is 3.17. The molecule has 19 heavy (non-hydrogen) atoms. The number of halogens is 1. The number of carboxylic acids is 1. The van der Waals surface area contributed by atoms with Gasteiger partial charge in [0.05, 0.1) is 11.6 Å². The van der Waals surface area contributed by atoms with Crippen molar-refractivity contribution in [3.05, 3.63) is 51.9 Å². The highest BCUT2D eigenvalue weighted by Gasteiger charge is 2.12. The fourth-order valence-electron chi connectivity index (χ4n) is 1.82. The molecule has 1 heterocycles. The molecule has 1 unspecified atom stereocenters. The number of rotatable bonds is 4. The Hall–Kier alpha value is -1.75. The van der Waals surface area contributed by atoms with E-state index in [0.29, 0.717) is 4.67 Å². The van der Waals surface area contributed by atoms with Gasteiger partial charge in [-0.05, 0) is 65.7 Å². The van der Waals surface area contributed by atoms with E-state index < -0.39 is 5.97 Å². The van der Waals surface area contributed by atoms with Crippen molar-refractivity contribution < 1.29 is 14.3 Å². The minimum absolute atomic E-state index is 0.000628. The molecule has 0 radical (unpaired) electrons. The Labute approximate surface area is 119 Å². The van der Waals surface area contributed by atoms with Crippen LogP contribution >= 0.6 is 15.9 Å². The molecule has 100 valence electrons. The third-order valence-corrected chi connectivity index (χ3v) is 3.29. The molecule has 0 spiro atoms. The zero-order valence-electron chi connectivity index (χ0n) is 10.6. The highest BCUT2D eigenvalue weighted by atomic mass is 79.9. The highest BCUT2D eigenvalue weighted by Crippen LogP contribution is 2.25. The fourth-order valence-corrected chi connectivity index (χ4v) is 2.14. The van der Waals surface area contributed by atoms with Gasteiger partial charge < -0.3 is 14.8 Å². The van der Waals surface area contributed by atoms with Crippen LogP contribution in [0.4, 0.5) is 5.69 Å². The predicted octanol–water partition coefficient (Wildman–Crippen LogP) is 4.22. The van der Waals surface area contributed by atoms with E-state index in [1.165, 1.54) is 0 Å². The molecule has 0 amide bonds. The second kappa shape index (κ2) is 5.48. The van der Waals surface area contributed by atoms with Crippen molar-refractivity contribution in [3.63, 3.8) is 0 Å².